The molecule has 2 aromatic rings. The molecule has 32 heavy (non-hydrogen) atoms. The summed E-state index contributed by atoms with van der Waals surface area (Å²) in [4.78, 5) is 0. The maximum Gasteiger partial charge on any atom is 0.230 e. The first-order valence-corrected chi connectivity index (χ1v) is 12.6. The van der Waals surface area contributed by atoms with Crippen LogP contribution in [0.3, 0.4) is 0 Å². The lowest BCUT2D eigenvalue weighted by Crippen LogP contribution is -2.14. The lowest BCUT2D eigenvalue weighted by molar-refractivity contribution is 0.579. The van der Waals surface area contributed by atoms with Crippen LogP contribution in [0.4, 0.5) is 28.9 Å². The normalized spacial score (nSPS) is 13.6. The number of hydrogen-bond acceptors (Lipinski definition) is 6. The molecule has 0 unspecified atom stereocenters. The number of sulfonamides is 2. The van der Waals surface area contributed by atoms with E-state index < -0.39 is 66.8 Å². The molecular weight excluding hydrogens is 476 g/mol. The SMILES string of the molecule is C[C@H](N)c1cc(F)c(NS(C)(=O)=O)c(F)c1.C[C@H](N)c1cc(F)c(NS(C)(=O)=O)c(F)c1. The van der Waals surface area contributed by atoms with E-state index in [0.717, 1.165) is 36.8 Å². The Hall–Kier alpha value is -2.42. The van der Waals surface area contributed by atoms with Crippen LogP contribution >= 0.6 is 0 Å². The minimum absolute atomic E-state index is 0.258. The van der Waals surface area contributed by atoms with E-state index in [-0.39, 0.29) is 11.1 Å². The van der Waals surface area contributed by atoms with Crippen molar-refractivity contribution in [2.45, 2.75) is 25.9 Å². The molecule has 0 fully saturated rings. The van der Waals surface area contributed by atoms with Gasteiger partial charge in [-0.15, -0.1) is 0 Å². The average Bonchev–Trinajstić information content (AvgIpc) is 2.59. The monoisotopic (exact) mass is 500 g/mol. The fourth-order valence-electron chi connectivity index (χ4n) is 2.28. The first-order chi connectivity index (χ1) is 14.4. The highest BCUT2D eigenvalue weighted by Crippen LogP contribution is 2.25. The fraction of sp³-hybridized carbons (Fsp3) is 0.333. The summed E-state index contributed by atoms with van der Waals surface area (Å²) in [5.41, 5.74) is 10.1. The molecule has 0 aliphatic heterocycles. The highest BCUT2D eigenvalue weighted by atomic mass is 32.2. The van der Waals surface area contributed by atoms with Gasteiger partial charge >= 0.3 is 0 Å². The van der Waals surface area contributed by atoms with Crippen LogP contribution in [-0.4, -0.2) is 29.3 Å². The minimum Gasteiger partial charge on any atom is -0.324 e. The predicted molar refractivity (Wildman–Crippen MR) is 115 cm³/mol. The van der Waals surface area contributed by atoms with Crippen LogP contribution in [0.5, 0.6) is 0 Å². The van der Waals surface area contributed by atoms with E-state index in [9.17, 15) is 34.4 Å². The van der Waals surface area contributed by atoms with Gasteiger partial charge in [-0.3, -0.25) is 9.44 Å². The van der Waals surface area contributed by atoms with Crippen molar-refractivity contribution in [3.8, 4) is 0 Å². The van der Waals surface area contributed by atoms with Crippen molar-refractivity contribution in [3.63, 3.8) is 0 Å². The predicted octanol–water partition coefficient (Wildman–Crippen LogP) is 2.71. The Kier molecular flexibility index (Phi) is 9.03. The molecule has 2 rings (SSSR count). The molecule has 0 spiro atoms. The molecule has 0 heterocycles. The Morgan fingerprint density at radius 2 is 0.875 bits per heavy atom. The maximum atomic E-state index is 13.4. The summed E-state index contributed by atoms with van der Waals surface area (Å²) in [6, 6.07) is 2.94. The second-order valence-electron chi connectivity index (χ2n) is 7.04. The van der Waals surface area contributed by atoms with Gasteiger partial charge in [-0.2, -0.15) is 0 Å². The topological polar surface area (TPSA) is 144 Å². The van der Waals surface area contributed by atoms with Crippen LogP contribution in [0, 0.1) is 23.3 Å². The van der Waals surface area contributed by atoms with Crippen LogP contribution in [0.15, 0.2) is 24.3 Å². The van der Waals surface area contributed by atoms with Crippen LogP contribution < -0.4 is 20.9 Å². The van der Waals surface area contributed by atoms with Gasteiger partial charge in [0.15, 0.2) is 23.3 Å². The third-order valence-corrected chi connectivity index (χ3v) is 4.91. The molecule has 6 N–H and O–H groups in total. The van der Waals surface area contributed by atoms with Crippen LogP contribution in [0.1, 0.15) is 37.1 Å². The number of rotatable bonds is 6. The van der Waals surface area contributed by atoms with Gasteiger partial charge in [0.05, 0.1) is 12.5 Å². The largest absolute Gasteiger partial charge is 0.324 e. The highest BCUT2D eigenvalue weighted by Gasteiger charge is 2.17. The Balaban J connectivity index is 0.000000320. The third-order valence-electron chi connectivity index (χ3n) is 3.76. The van der Waals surface area contributed by atoms with Gasteiger partial charge in [-0.25, -0.2) is 34.4 Å². The van der Waals surface area contributed by atoms with E-state index in [1.54, 1.807) is 23.3 Å². The summed E-state index contributed by atoms with van der Waals surface area (Å²) in [5, 5.41) is 0. The van der Waals surface area contributed by atoms with Gasteiger partial charge in [-0.05, 0) is 49.2 Å². The highest BCUT2D eigenvalue weighted by molar-refractivity contribution is 7.92. The van der Waals surface area contributed by atoms with E-state index in [2.05, 4.69) is 0 Å². The van der Waals surface area contributed by atoms with Crippen molar-refractivity contribution < 1.29 is 34.4 Å². The molecule has 2 atom stereocenters. The molecule has 0 saturated heterocycles. The molecule has 0 aliphatic carbocycles. The molecule has 180 valence electrons. The first kappa shape index (κ1) is 27.6. The molecule has 2 aromatic carbocycles. The summed E-state index contributed by atoms with van der Waals surface area (Å²) >= 11 is 0. The van der Waals surface area contributed by atoms with Crippen molar-refractivity contribution in [2.24, 2.45) is 11.5 Å². The van der Waals surface area contributed by atoms with E-state index >= 15 is 0 Å². The number of anilines is 2. The van der Waals surface area contributed by atoms with Crippen LogP contribution in [0.2, 0.25) is 0 Å². The maximum absolute atomic E-state index is 13.4. The zero-order chi connectivity index (χ0) is 25.0. The van der Waals surface area contributed by atoms with Crippen molar-refractivity contribution in [3.05, 3.63) is 58.7 Å². The molecule has 0 bridgehead atoms. The van der Waals surface area contributed by atoms with Gasteiger partial charge in [0, 0.05) is 12.1 Å². The summed E-state index contributed by atoms with van der Waals surface area (Å²) in [6.45, 7) is 3.13. The van der Waals surface area contributed by atoms with Gasteiger partial charge < -0.3 is 11.5 Å². The number of benzene rings is 2. The molecule has 8 nitrogen and oxygen atoms in total. The number of nitrogens with two attached hydrogens (primary N) is 2. The van der Waals surface area contributed by atoms with Gasteiger partial charge in [-0.1, -0.05) is 0 Å². The van der Waals surface area contributed by atoms with Crippen molar-refractivity contribution >= 4 is 31.4 Å². The Morgan fingerprint density at radius 1 is 0.656 bits per heavy atom. The lowest BCUT2D eigenvalue weighted by atomic mass is 10.1. The smallest absolute Gasteiger partial charge is 0.230 e. The van der Waals surface area contributed by atoms with E-state index in [1.807, 2.05) is 0 Å². The van der Waals surface area contributed by atoms with Gasteiger partial charge in [0.2, 0.25) is 20.0 Å². The van der Waals surface area contributed by atoms with Crippen LogP contribution in [0.25, 0.3) is 0 Å². The zero-order valence-electron chi connectivity index (χ0n) is 17.6. The molecule has 0 aromatic heterocycles. The molecule has 0 amide bonds. The van der Waals surface area contributed by atoms with Crippen LogP contribution in [-0.2, 0) is 20.0 Å². The lowest BCUT2D eigenvalue weighted by Gasteiger charge is -2.11. The Morgan fingerprint density at radius 3 is 1.03 bits per heavy atom. The molecule has 0 aliphatic rings. The first-order valence-electron chi connectivity index (χ1n) is 8.86. The third kappa shape index (κ3) is 8.61. The molecule has 14 heteroatoms. The minimum atomic E-state index is -3.72. The van der Waals surface area contributed by atoms with Gasteiger partial charge in [0.25, 0.3) is 0 Å². The van der Waals surface area contributed by atoms with E-state index in [0.29, 0.717) is 0 Å². The number of hydrogen-bond donors (Lipinski definition) is 4. The summed E-state index contributed by atoms with van der Waals surface area (Å²) in [6.07, 6.45) is 1.62. The standard InChI is InChI=1S/2C9H12F2N2O2S/c2*1-5(12)6-3-7(10)9(8(11)4-6)13-16(2,14)15/h2*3-5,13H,12H2,1-2H3/t2*5-/m00/s1. The second-order valence-corrected chi connectivity index (χ2v) is 10.5. The fourth-order valence-corrected chi connectivity index (χ4v) is 3.41. The second kappa shape index (κ2) is 10.5. The Labute approximate surface area is 184 Å². The molecular formula is C18H24F4N4O4S2. The zero-order valence-corrected chi connectivity index (χ0v) is 19.2. The number of nitrogens with one attached hydrogen (secondary N) is 2. The van der Waals surface area contributed by atoms with Crippen molar-refractivity contribution in [1.29, 1.82) is 0 Å². The Bertz CT molecular complexity index is 1050. The average molecular weight is 501 g/mol. The summed E-state index contributed by atoms with van der Waals surface area (Å²) in [5.74, 6) is -3.95. The number of halogens is 4. The van der Waals surface area contributed by atoms with E-state index in [1.165, 1.54) is 0 Å². The quantitative estimate of drug-likeness (QED) is 0.449. The van der Waals surface area contributed by atoms with Gasteiger partial charge in [0.1, 0.15) is 11.4 Å². The molecule has 0 radical (unpaired) electrons. The van der Waals surface area contributed by atoms with Crippen molar-refractivity contribution in [1.82, 2.24) is 0 Å². The summed E-state index contributed by atoms with van der Waals surface area (Å²) < 4.78 is 100. The van der Waals surface area contributed by atoms with Crippen molar-refractivity contribution in [2.75, 3.05) is 22.0 Å². The molecule has 0 saturated carbocycles. The van der Waals surface area contributed by atoms with E-state index in [4.69, 9.17) is 11.5 Å². The summed E-state index contributed by atoms with van der Waals surface area (Å²) in [7, 11) is -7.43.